The number of fused-ring (bicyclic) bond motifs is 1. The van der Waals surface area contributed by atoms with Crippen LogP contribution in [0.1, 0.15) is 55.3 Å². The number of carbonyl (C=O) groups excluding carboxylic acids is 2. The predicted molar refractivity (Wildman–Crippen MR) is 91.6 cm³/mol. The Hall–Kier alpha value is -2.24. The van der Waals surface area contributed by atoms with E-state index in [2.05, 4.69) is 10.6 Å². The molecule has 1 aromatic carbocycles. The zero-order chi connectivity index (χ0) is 17.2. The normalized spacial score (nSPS) is 26.2. The van der Waals surface area contributed by atoms with Crippen LogP contribution < -0.4 is 20.1 Å². The molecule has 0 unspecified atom stereocenters. The third kappa shape index (κ3) is 3.43. The molecule has 4 rings (SSSR count). The highest BCUT2D eigenvalue weighted by Gasteiger charge is 2.36. The van der Waals surface area contributed by atoms with E-state index in [1.54, 1.807) is 18.2 Å². The molecule has 1 saturated carbocycles. The maximum Gasteiger partial charge on any atom is 0.251 e. The second-order valence-corrected chi connectivity index (χ2v) is 7.18. The fourth-order valence-corrected chi connectivity index (χ4v) is 4.22. The van der Waals surface area contributed by atoms with Gasteiger partial charge in [-0.15, -0.1) is 0 Å². The number of rotatable bonds is 3. The van der Waals surface area contributed by atoms with Gasteiger partial charge < -0.3 is 20.1 Å². The van der Waals surface area contributed by atoms with Crippen LogP contribution in [0.25, 0.3) is 0 Å². The molecule has 6 nitrogen and oxygen atoms in total. The monoisotopic (exact) mass is 344 g/mol. The van der Waals surface area contributed by atoms with Crippen molar-refractivity contribution in [1.29, 1.82) is 0 Å². The van der Waals surface area contributed by atoms with Gasteiger partial charge in [0, 0.05) is 12.0 Å². The molecule has 134 valence electrons. The SMILES string of the molecule is O=C1CC[C@H](NC(=O)c2ccc3c(c2)OCO3)[C@H](C2CCCCC2)N1. The van der Waals surface area contributed by atoms with E-state index in [-0.39, 0.29) is 30.7 Å². The molecule has 1 aromatic rings. The van der Waals surface area contributed by atoms with Gasteiger partial charge in [0.1, 0.15) is 0 Å². The predicted octanol–water partition coefficient (Wildman–Crippen LogP) is 2.37. The van der Waals surface area contributed by atoms with Crippen LogP contribution in [0.2, 0.25) is 0 Å². The lowest BCUT2D eigenvalue weighted by atomic mass is 9.78. The Labute approximate surface area is 147 Å². The summed E-state index contributed by atoms with van der Waals surface area (Å²) in [5.74, 6) is 1.71. The van der Waals surface area contributed by atoms with Crippen LogP contribution >= 0.6 is 0 Å². The summed E-state index contributed by atoms with van der Waals surface area (Å²) in [7, 11) is 0. The fraction of sp³-hybridized carbons (Fsp3) is 0.579. The number of hydrogen-bond acceptors (Lipinski definition) is 4. The Morgan fingerprint density at radius 3 is 2.72 bits per heavy atom. The van der Waals surface area contributed by atoms with Gasteiger partial charge in [0.15, 0.2) is 11.5 Å². The lowest BCUT2D eigenvalue weighted by Crippen LogP contribution is -2.58. The first-order valence-corrected chi connectivity index (χ1v) is 9.20. The number of nitrogens with one attached hydrogen (secondary N) is 2. The fourth-order valence-electron chi connectivity index (χ4n) is 4.22. The van der Waals surface area contributed by atoms with Crippen molar-refractivity contribution in [2.75, 3.05) is 6.79 Å². The highest BCUT2D eigenvalue weighted by molar-refractivity contribution is 5.95. The third-order valence-corrected chi connectivity index (χ3v) is 5.55. The molecule has 1 aliphatic carbocycles. The molecule has 0 spiro atoms. The Morgan fingerprint density at radius 1 is 1.08 bits per heavy atom. The van der Waals surface area contributed by atoms with Crippen molar-refractivity contribution in [3.05, 3.63) is 23.8 Å². The van der Waals surface area contributed by atoms with Crippen molar-refractivity contribution in [2.24, 2.45) is 5.92 Å². The smallest absolute Gasteiger partial charge is 0.251 e. The van der Waals surface area contributed by atoms with E-state index in [0.717, 1.165) is 12.8 Å². The molecule has 0 aromatic heterocycles. The van der Waals surface area contributed by atoms with Crippen LogP contribution in [0.15, 0.2) is 18.2 Å². The number of piperidine rings is 1. The number of amides is 2. The van der Waals surface area contributed by atoms with Gasteiger partial charge in [-0.2, -0.15) is 0 Å². The lowest BCUT2D eigenvalue weighted by molar-refractivity contribution is -0.124. The van der Waals surface area contributed by atoms with Crippen molar-refractivity contribution < 1.29 is 19.1 Å². The van der Waals surface area contributed by atoms with Gasteiger partial charge in [0.2, 0.25) is 12.7 Å². The van der Waals surface area contributed by atoms with Crippen LogP contribution in [-0.2, 0) is 4.79 Å². The zero-order valence-corrected chi connectivity index (χ0v) is 14.3. The number of benzene rings is 1. The molecule has 2 aliphatic heterocycles. The van der Waals surface area contributed by atoms with Gasteiger partial charge in [0.25, 0.3) is 5.91 Å². The molecular formula is C19H24N2O4. The van der Waals surface area contributed by atoms with Gasteiger partial charge in [-0.25, -0.2) is 0 Å². The minimum absolute atomic E-state index is 0.0151. The van der Waals surface area contributed by atoms with E-state index in [9.17, 15) is 9.59 Å². The topological polar surface area (TPSA) is 76.7 Å². The molecular weight excluding hydrogens is 320 g/mol. The Morgan fingerprint density at radius 2 is 1.88 bits per heavy atom. The Kier molecular flexibility index (Phi) is 4.51. The zero-order valence-electron chi connectivity index (χ0n) is 14.3. The van der Waals surface area contributed by atoms with Gasteiger partial charge in [0.05, 0.1) is 12.1 Å². The van der Waals surface area contributed by atoms with E-state index in [4.69, 9.17) is 9.47 Å². The van der Waals surface area contributed by atoms with Gasteiger partial charge in [-0.1, -0.05) is 19.3 Å². The first-order chi connectivity index (χ1) is 12.2. The summed E-state index contributed by atoms with van der Waals surface area (Å²) < 4.78 is 10.6. The van der Waals surface area contributed by atoms with E-state index in [1.807, 2.05) is 0 Å². The molecule has 3 aliphatic rings. The number of carbonyl (C=O) groups is 2. The van der Waals surface area contributed by atoms with Crippen LogP contribution in [0, 0.1) is 5.92 Å². The molecule has 2 fully saturated rings. The van der Waals surface area contributed by atoms with Gasteiger partial charge in [-0.05, 0) is 43.4 Å². The quantitative estimate of drug-likeness (QED) is 0.883. The van der Waals surface area contributed by atoms with Crippen molar-refractivity contribution in [3.8, 4) is 11.5 Å². The van der Waals surface area contributed by atoms with Crippen LogP contribution in [0.4, 0.5) is 0 Å². The molecule has 2 atom stereocenters. The largest absolute Gasteiger partial charge is 0.454 e. The molecule has 0 radical (unpaired) electrons. The van der Waals surface area contributed by atoms with Crippen molar-refractivity contribution in [1.82, 2.24) is 10.6 Å². The van der Waals surface area contributed by atoms with Gasteiger partial charge >= 0.3 is 0 Å². The first kappa shape index (κ1) is 16.2. The highest BCUT2D eigenvalue weighted by Crippen LogP contribution is 2.33. The van der Waals surface area contributed by atoms with Crippen molar-refractivity contribution in [2.45, 2.75) is 57.0 Å². The van der Waals surface area contributed by atoms with Crippen molar-refractivity contribution >= 4 is 11.8 Å². The standard InChI is InChI=1S/C19H24N2O4/c22-17-9-7-14(18(21-17)12-4-2-1-3-5-12)20-19(23)13-6-8-15-16(10-13)25-11-24-15/h6,8,10,12,14,18H,1-5,7,9,11H2,(H,20,23)(H,21,22)/t14-,18-/m0/s1. The van der Waals surface area contributed by atoms with E-state index in [0.29, 0.717) is 35.8 Å². The van der Waals surface area contributed by atoms with E-state index < -0.39 is 0 Å². The number of ether oxygens (including phenoxy) is 2. The molecule has 1 saturated heterocycles. The minimum Gasteiger partial charge on any atom is -0.454 e. The summed E-state index contributed by atoms with van der Waals surface area (Å²) in [4.78, 5) is 24.6. The first-order valence-electron chi connectivity index (χ1n) is 9.20. The molecule has 6 heteroatoms. The molecule has 2 heterocycles. The van der Waals surface area contributed by atoms with E-state index in [1.165, 1.54) is 19.3 Å². The van der Waals surface area contributed by atoms with Gasteiger partial charge in [-0.3, -0.25) is 9.59 Å². The molecule has 0 bridgehead atoms. The maximum absolute atomic E-state index is 12.7. The minimum atomic E-state index is -0.125. The highest BCUT2D eigenvalue weighted by atomic mass is 16.7. The average Bonchev–Trinajstić information content (AvgIpc) is 3.11. The van der Waals surface area contributed by atoms with Crippen LogP contribution in [0.3, 0.4) is 0 Å². The number of hydrogen-bond donors (Lipinski definition) is 2. The van der Waals surface area contributed by atoms with E-state index >= 15 is 0 Å². The Balaban J connectivity index is 1.47. The Bertz CT molecular complexity index is 669. The molecule has 2 amide bonds. The molecule has 2 N–H and O–H groups in total. The maximum atomic E-state index is 12.7. The van der Waals surface area contributed by atoms with Crippen LogP contribution in [-0.4, -0.2) is 30.7 Å². The van der Waals surface area contributed by atoms with Crippen LogP contribution in [0.5, 0.6) is 11.5 Å². The third-order valence-electron chi connectivity index (χ3n) is 5.55. The summed E-state index contributed by atoms with van der Waals surface area (Å²) in [5, 5.41) is 6.28. The summed E-state index contributed by atoms with van der Waals surface area (Å²) in [6.07, 6.45) is 7.10. The average molecular weight is 344 g/mol. The summed E-state index contributed by atoms with van der Waals surface area (Å²) in [5.41, 5.74) is 0.559. The molecule has 25 heavy (non-hydrogen) atoms. The second kappa shape index (κ2) is 6.94. The summed E-state index contributed by atoms with van der Waals surface area (Å²) >= 11 is 0. The second-order valence-electron chi connectivity index (χ2n) is 7.18. The summed E-state index contributed by atoms with van der Waals surface area (Å²) in [6.45, 7) is 0.193. The van der Waals surface area contributed by atoms with Crippen molar-refractivity contribution in [3.63, 3.8) is 0 Å². The summed E-state index contributed by atoms with van der Waals surface area (Å²) in [6, 6.07) is 5.26. The lowest BCUT2D eigenvalue weighted by Gasteiger charge is -2.39.